The van der Waals surface area contributed by atoms with E-state index in [2.05, 4.69) is 0 Å². The van der Waals surface area contributed by atoms with Crippen molar-refractivity contribution >= 4 is 5.97 Å². The van der Waals surface area contributed by atoms with E-state index >= 15 is 0 Å². The number of halogens is 1. The zero-order valence-electron chi connectivity index (χ0n) is 8.34. The fourth-order valence-electron chi connectivity index (χ4n) is 0.949. The Morgan fingerprint density at radius 2 is 2.08 bits per heavy atom. The van der Waals surface area contributed by atoms with Crippen molar-refractivity contribution in [2.45, 2.75) is 20.8 Å². The summed E-state index contributed by atoms with van der Waals surface area (Å²) < 4.78 is 12.0. The van der Waals surface area contributed by atoms with Gasteiger partial charge in [-0.15, -0.1) is 5.06 Å². The first kappa shape index (κ1) is 10.4. The average Bonchev–Trinajstić information content (AvgIpc) is 1.93. The van der Waals surface area contributed by atoms with Crippen molar-refractivity contribution in [3.63, 3.8) is 0 Å². The van der Waals surface area contributed by atoms with Gasteiger partial charge in [-0.1, -0.05) is 0 Å². The lowest BCUT2D eigenvalue weighted by Gasteiger charge is -2.36. The number of carbonyl (C=O) groups excluding carboxylic acids is 1. The van der Waals surface area contributed by atoms with E-state index in [1.54, 1.807) is 20.8 Å². The van der Waals surface area contributed by atoms with Gasteiger partial charge in [-0.3, -0.25) is 4.39 Å². The van der Waals surface area contributed by atoms with Crippen molar-refractivity contribution in [3.8, 4) is 0 Å². The number of nitrogens with zero attached hydrogens (tertiary/aromatic N) is 1. The third-order valence-electron chi connectivity index (χ3n) is 1.97. The number of hydrogen-bond acceptors (Lipinski definition) is 3. The summed E-state index contributed by atoms with van der Waals surface area (Å²) >= 11 is 0. The molecule has 0 radical (unpaired) electrons. The topological polar surface area (TPSA) is 29.5 Å². The molecule has 0 aliphatic carbocycles. The van der Waals surface area contributed by atoms with E-state index in [0.717, 1.165) is 0 Å². The summed E-state index contributed by atoms with van der Waals surface area (Å²) in [5.41, 5.74) is -0.485. The molecule has 0 amide bonds. The van der Waals surface area contributed by atoms with Gasteiger partial charge in [0.25, 0.3) is 0 Å². The summed E-state index contributed by atoms with van der Waals surface area (Å²) in [6, 6.07) is 0. The summed E-state index contributed by atoms with van der Waals surface area (Å²) in [4.78, 5) is 16.3. The Kier molecular flexibility index (Phi) is 2.91. The van der Waals surface area contributed by atoms with Crippen LogP contribution in [0, 0.1) is 11.3 Å². The lowest BCUT2D eigenvalue weighted by atomic mass is 9.97. The third kappa shape index (κ3) is 2.66. The Balaban J connectivity index is 2.25. The van der Waals surface area contributed by atoms with E-state index in [9.17, 15) is 9.18 Å². The van der Waals surface area contributed by atoms with Gasteiger partial charge in [0.2, 0.25) is 0 Å². The Labute approximate surface area is 77.8 Å². The maximum Gasteiger partial charge on any atom is 0.330 e. The van der Waals surface area contributed by atoms with Crippen LogP contribution in [-0.2, 0) is 9.63 Å². The maximum atomic E-state index is 12.0. The zero-order chi connectivity index (χ0) is 10.1. The van der Waals surface area contributed by atoms with Crippen LogP contribution in [0.4, 0.5) is 4.39 Å². The molecular weight excluding hydrogens is 173 g/mol. The fraction of sp³-hybridized carbons (Fsp3) is 0.889. The molecular formula is C9H16FNO2. The molecule has 1 fully saturated rings. The maximum absolute atomic E-state index is 12.0. The molecule has 0 aromatic heterocycles. The molecule has 0 N–H and O–H groups in total. The van der Waals surface area contributed by atoms with Crippen molar-refractivity contribution in [1.82, 2.24) is 5.06 Å². The minimum Gasteiger partial charge on any atom is -0.367 e. The highest BCUT2D eigenvalue weighted by Gasteiger charge is 2.33. The second-order valence-electron chi connectivity index (χ2n) is 4.50. The lowest BCUT2D eigenvalue weighted by molar-refractivity contribution is -0.229. The quantitative estimate of drug-likeness (QED) is 0.657. The molecule has 1 rings (SSSR count). The smallest absolute Gasteiger partial charge is 0.330 e. The predicted molar refractivity (Wildman–Crippen MR) is 46.6 cm³/mol. The Morgan fingerprint density at radius 1 is 1.54 bits per heavy atom. The Bertz CT molecular complexity index is 194. The first-order valence-corrected chi connectivity index (χ1v) is 4.47. The number of hydrogen-bond donors (Lipinski definition) is 0. The van der Waals surface area contributed by atoms with Crippen LogP contribution >= 0.6 is 0 Å². The van der Waals surface area contributed by atoms with Crippen LogP contribution in [0.3, 0.4) is 0 Å². The Hall–Kier alpha value is -0.640. The van der Waals surface area contributed by atoms with Crippen molar-refractivity contribution in [2.24, 2.45) is 11.3 Å². The molecule has 1 heterocycles. The predicted octanol–water partition coefficient (Wildman–Crippen LogP) is 1.39. The molecule has 0 aromatic rings. The van der Waals surface area contributed by atoms with Crippen LogP contribution in [0.2, 0.25) is 0 Å². The van der Waals surface area contributed by atoms with E-state index in [-0.39, 0.29) is 18.6 Å². The molecule has 3 nitrogen and oxygen atoms in total. The van der Waals surface area contributed by atoms with Gasteiger partial charge in [-0.2, -0.15) is 0 Å². The van der Waals surface area contributed by atoms with Crippen LogP contribution in [-0.4, -0.2) is 30.8 Å². The minimum absolute atomic E-state index is 0.0489. The van der Waals surface area contributed by atoms with E-state index in [1.165, 1.54) is 5.06 Å². The van der Waals surface area contributed by atoms with Gasteiger partial charge in [-0.05, 0) is 20.8 Å². The number of carbonyl (C=O) groups is 1. The van der Waals surface area contributed by atoms with Gasteiger partial charge in [-0.25, -0.2) is 4.79 Å². The van der Waals surface area contributed by atoms with Crippen molar-refractivity contribution in [1.29, 1.82) is 0 Å². The second kappa shape index (κ2) is 3.62. The van der Waals surface area contributed by atoms with Crippen LogP contribution in [0.5, 0.6) is 0 Å². The molecule has 76 valence electrons. The molecule has 0 spiro atoms. The van der Waals surface area contributed by atoms with Gasteiger partial charge in [0.15, 0.2) is 0 Å². The van der Waals surface area contributed by atoms with Crippen LogP contribution in [0.25, 0.3) is 0 Å². The van der Waals surface area contributed by atoms with Gasteiger partial charge < -0.3 is 4.84 Å². The van der Waals surface area contributed by atoms with Crippen LogP contribution < -0.4 is 0 Å². The molecule has 1 aliphatic rings. The van der Waals surface area contributed by atoms with Crippen LogP contribution in [0.1, 0.15) is 20.8 Å². The average molecular weight is 189 g/mol. The molecule has 0 unspecified atom stereocenters. The first-order chi connectivity index (χ1) is 5.93. The standard InChI is InChI=1S/C9H16FNO2/c1-9(2,3)8(12)13-11-5-7(4-10)6-11/h7H,4-6H2,1-3H3. The van der Waals surface area contributed by atoms with Gasteiger partial charge in [0.1, 0.15) is 0 Å². The molecule has 0 saturated carbocycles. The SMILES string of the molecule is CC(C)(C)C(=O)ON1CC(CF)C1. The monoisotopic (exact) mass is 189 g/mol. The molecule has 0 aromatic carbocycles. The van der Waals surface area contributed by atoms with Crippen LogP contribution in [0.15, 0.2) is 0 Å². The molecule has 1 aliphatic heterocycles. The summed E-state index contributed by atoms with van der Waals surface area (Å²) in [5.74, 6) is -0.211. The minimum atomic E-state index is -0.485. The van der Waals surface area contributed by atoms with E-state index in [0.29, 0.717) is 13.1 Å². The van der Waals surface area contributed by atoms with Crippen molar-refractivity contribution < 1.29 is 14.0 Å². The fourth-order valence-corrected chi connectivity index (χ4v) is 0.949. The molecule has 1 saturated heterocycles. The highest BCUT2D eigenvalue weighted by Crippen LogP contribution is 2.21. The summed E-state index contributed by atoms with van der Waals surface area (Å²) in [6.07, 6.45) is 0. The van der Waals surface area contributed by atoms with Gasteiger partial charge in [0, 0.05) is 19.0 Å². The summed E-state index contributed by atoms with van der Waals surface area (Å²) in [7, 11) is 0. The number of hydroxylamine groups is 2. The van der Waals surface area contributed by atoms with Crippen molar-refractivity contribution in [3.05, 3.63) is 0 Å². The molecule has 0 atom stereocenters. The third-order valence-corrected chi connectivity index (χ3v) is 1.97. The number of rotatable bonds is 2. The van der Waals surface area contributed by atoms with E-state index < -0.39 is 5.41 Å². The zero-order valence-corrected chi connectivity index (χ0v) is 8.34. The van der Waals surface area contributed by atoms with Gasteiger partial charge >= 0.3 is 5.97 Å². The summed E-state index contributed by atoms with van der Waals surface area (Å²) in [6.45, 7) is 6.10. The van der Waals surface area contributed by atoms with Crippen molar-refractivity contribution in [2.75, 3.05) is 19.8 Å². The first-order valence-electron chi connectivity index (χ1n) is 4.47. The lowest BCUT2D eigenvalue weighted by Crippen LogP contribution is -2.49. The van der Waals surface area contributed by atoms with E-state index in [4.69, 9.17) is 4.84 Å². The summed E-state index contributed by atoms with van der Waals surface area (Å²) in [5, 5.41) is 1.51. The normalized spacial score (nSPS) is 19.7. The highest BCUT2D eigenvalue weighted by atomic mass is 19.1. The number of alkyl halides is 1. The Morgan fingerprint density at radius 3 is 2.46 bits per heavy atom. The van der Waals surface area contributed by atoms with Gasteiger partial charge in [0.05, 0.1) is 12.1 Å². The molecule has 4 heteroatoms. The second-order valence-corrected chi connectivity index (χ2v) is 4.50. The highest BCUT2D eigenvalue weighted by molar-refractivity contribution is 5.75. The molecule has 0 bridgehead atoms. The van der Waals surface area contributed by atoms with E-state index in [1.807, 2.05) is 0 Å². The molecule has 13 heavy (non-hydrogen) atoms. The largest absolute Gasteiger partial charge is 0.367 e.